The molecule has 0 heterocycles. The second-order valence-corrected chi connectivity index (χ2v) is 6.39. The van der Waals surface area contributed by atoms with Crippen LogP contribution in [0.1, 0.15) is 31.2 Å². The highest BCUT2D eigenvalue weighted by atomic mass is 79.9. The second-order valence-electron chi connectivity index (χ2n) is 4.18. The molecule has 0 radical (unpaired) electrons. The van der Waals surface area contributed by atoms with Crippen LogP contribution in [-0.4, -0.2) is 24.8 Å². The molecule has 0 amide bonds. The highest BCUT2D eigenvalue weighted by Gasteiger charge is 2.06. The van der Waals surface area contributed by atoms with E-state index in [1.807, 2.05) is 6.92 Å². The SMILES string of the molecule is Cc1ccc(S(=O)(=O)O)cc1.NCCCCCCBr. The standard InChI is InChI=1S/C7H8O3S.C6H14BrN/c1-6-2-4-7(5-3-6)11(8,9)10;7-5-3-1-2-4-6-8/h2-5H,1H3,(H,8,9,10);1-6,8H2. The van der Waals surface area contributed by atoms with Gasteiger partial charge in [-0.3, -0.25) is 4.55 Å². The number of rotatable bonds is 6. The van der Waals surface area contributed by atoms with E-state index in [0.29, 0.717) is 0 Å². The number of hydrogen-bond donors (Lipinski definition) is 2. The highest BCUT2D eigenvalue weighted by molar-refractivity contribution is 9.09. The quantitative estimate of drug-likeness (QED) is 0.468. The van der Waals surface area contributed by atoms with Gasteiger partial charge in [-0.1, -0.05) is 46.5 Å². The predicted molar refractivity (Wildman–Crippen MR) is 82.3 cm³/mol. The van der Waals surface area contributed by atoms with E-state index >= 15 is 0 Å². The fraction of sp³-hybridized carbons (Fsp3) is 0.538. The average Bonchev–Trinajstić information content (AvgIpc) is 2.35. The van der Waals surface area contributed by atoms with Crippen molar-refractivity contribution in [2.24, 2.45) is 5.73 Å². The Labute approximate surface area is 124 Å². The van der Waals surface area contributed by atoms with Crippen molar-refractivity contribution in [1.82, 2.24) is 0 Å². The van der Waals surface area contributed by atoms with E-state index in [4.69, 9.17) is 10.3 Å². The molecular weight excluding hydrogens is 330 g/mol. The minimum Gasteiger partial charge on any atom is -0.330 e. The third kappa shape index (κ3) is 10.1. The average molecular weight is 352 g/mol. The number of nitrogens with two attached hydrogens (primary N) is 1. The molecule has 0 aliphatic carbocycles. The third-order valence-electron chi connectivity index (χ3n) is 2.41. The number of aryl methyl sites for hydroxylation is 1. The molecule has 0 fully saturated rings. The molecule has 0 unspecified atom stereocenters. The molecule has 110 valence electrons. The van der Waals surface area contributed by atoms with Crippen LogP contribution < -0.4 is 5.73 Å². The van der Waals surface area contributed by atoms with Gasteiger partial charge in [0.15, 0.2) is 0 Å². The summed E-state index contributed by atoms with van der Waals surface area (Å²) in [6.07, 6.45) is 5.09. The van der Waals surface area contributed by atoms with Crippen molar-refractivity contribution in [3.8, 4) is 0 Å². The Bertz CT molecular complexity index is 426. The zero-order valence-corrected chi connectivity index (χ0v) is 13.6. The van der Waals surface area contributed by atoms with E-state index in [9.17, 15) is 8.42 Å². The Balaban J connectivity index is 0.000000362. The summed E-state index contributed by atoms with van der Waals surface area (Å²) in [5.74, 6) is 0. The van der Waals surface area contributed by atoms with Crippen LogP contribution in [0.4, 0.5) is 0 Å². The topological polar surface area (TPSA) is 80.4 Å². The highest BCUT2D eigenvalue weighted by Crippen LogP contribution is 2.08. The summed E-state index contributed by atoms with van der Waals surface area (Å²) in [6.45, 7) is 2.69. The van der Waals surface area contributed by atoms with Gasteiger partial charge in [0.25, 0.3) is 10.1 Å². The fourth-order valence-electron chi connectivity index (χ4n) is 1.30. The minimum atomic E-state index is -4.02. The van der Waals surface area contributed by atoms with Gasteiger partial charge in [-0.15, -0.1) is 0 Å². The molecule has 0 aliphatic heterocycles. The molecule has 0 aromatic heterocycles. The van der Waals surface area contributed by atoms with Crippen LogP contribution >= 0.6 is 15.9 Å². The van der Waals surface area contributed by atoms with Crippen molar-refractivity contribution in [2.75, 3.05) is 11.9 Å². The van der Waals surface area contributed by atoms with Gasteiger partial charge in [-0.25, -0.2) is 0 Å². The van der Waals surface area contributed by atoms with E-state index in [1.54, 1.807) is 12.1 Å². The first-order valence-corrected chi connectivity index (χ1v) is 8.78. The smallest absolute Gasteiger partial charge is 0.294 e. The molecule has 0 atom stereocenters. The summed E-state index contributed by atoms with van der Waals surface area (Å²) in [4.78, 5) is -0.0666. The maximum absolute atomic E-state index is 10.5. The summed E-state index contributed by atoms with van der Waals surface area (Å²) < 4.78 is 29.6. The number of alkyl halides is 1. The molecule has 1 aromatic rings. The van der Waals surface area contributed by atoms with Crippen LogP contribution in [0.15, 0.2) is 29.2 Å². The Morgan fingerprint density at radius 1 is 1.11 bits per heavy atom. The molecule has 3 N–H and O–H groups in total. The monoisotopic (exact) mass is 351 g/mol. The molecule has 0 saturated heterocycles. The van der Waals surface area contributed by atoms with Crippen LogP contribution in [0.2, 0.25) is 0 Å². The Hall–Kier alpha value is -0.430. The molecule has 0 aliphatic rings. The number of hydrogen-bond acceptors (Lipinski definition) is 3. The summed E-state index contributed by atoms with van der Waals surface area (Å²) in [5, 5.41) is 1.14. The summed E-state index contributed by atoms with van der Waals surface area (Å²) in [6, 6.07) is 5.99. The van der Waals surface area contributed by atoms with Gasteiger partial charge in [0.1, 0.15) is 0 Å². The van der Waals surface area contributed by atoms with E-state index in [1.165, 1.54) is 37.8 Å². The lowest BCUT2D eigenvalue weighted by atomic mass is 10.2. The lowest BCUT2D eigenvalue weighted by Gasteiger charge is -1.95. The van der Waals surface area contributed by atoms with Crippen molar-refractivity contribution in [2.45, 2.75) is 37.5 Å². The Morgan fingerprint density at radius 2 is 1.63 bits per heavy atom. The largest absolute Gasteiger partial charge is 0.330 e. The first-order chi connectivity index (χ1) is 8.91. The van der Waals surface area contributed by atoms with Crippen LogP contribution in [0, 0.1) is 6.92 Å². The molecule has 6 heteroatoms. The first-order valence-electron chi connectivity index (χ1n) is 6.22. The molecule has 19 heavy (non-hydrogen) atoms. The zero-order chi connectivity index (χ0) is 14.7. The Morgan fingerprint density at radius 3 is 2.05 bits per heavy atom. The number of unbranched alkanes of at least 4 members (excludes halogenated alkanes) is 3. The summed E-state index contributed by atoms with van der Waals surface area (Å²) >= 11 is 3.37. The molecule has 4 nitrogen and oxygen atoms in total. The van der Waals surface area contributed by atoms with Crippen LogP contribution in [-0.2, 0) is 10.1 Å². The maximum Gasteiger partial charge on any atom is 0.294 e. The van der Waals surface area contributed by atoms with E-state index < -0.39 is 10.1 Å². The van der Waals surface area contributed by atoms with Crippen molar-refractivity contribution >= 4 is 26.0 Å². The molecular formula is C13H22BrNO3S. The van der Waals surface area contributed by atoms with E-state index in [2.05, 4.69) is 15.9 Å². The molecule has 0 bridgehead atoms. The zero-order valence-electron chi connectivity index (χ0n) is 11.2. The Kier molecular flexibility index (Phi) is 10.1. The van der Waals surface area contributed by atoms with Crippen LogP contribution in [0.5, 0.6) is 0 Å². The van der Waals surface area contributed by atoms with Gasteiger partial charge in [-0.2, -0.15) is 8.42 Å². The predicted octanol–water partition coefficient (Wildman–Crippen LogP) is 3.14. The van der Waals surface area contributed by atoms with Gasteiger partial charge in [-0.05, 0) is 38.4 Å². The van der Waals surface area contributed by atoms with E-state index in [-0.39, 0.29) is 4.90 Å². The first kappa shape index (κ1) is 18.6. The third-order valence-corrected chi connectivity index (χ3v) is 3.84. The normalized spacial score (nSPS) is 10.7. The van der Waals surface area contributed by atoms with Crippen molar-refractivity contribution in [1.29, 1.82) is 0 Å². The number of benzene rings is 1. The van der Waals surface area contributed by atoms with Crippen LogP contribution in [0.25, 0.3) is 0 Å². The molecule has 1 aromatic carbocycles. The second kappa shape index (κ2) is 10.4. The fourth-order valence-corrected chi connectivity index (χ4v) is 2.18. The van der Waals surface area contributed by atoms with Crippen LogP contribution in [0.3, 0.4) is 0 Å². The number of halogens is 1. The van der Waals surface area contributed by atoms with Crippen molar-refractivity contribution in [3.63, 3.8) is 0 Å². The van der Waals surface area contributed by atoms with Gasteiger partial charge < -0.3 is 5.73 Å². The molecule has 0 saturated carbocycles. The molecule has 0 spiro atoms. The van der Waals surface area contributed by atoms with Gasteiger partial charge >= 0.3 is 0 Å². The summed E-state index contributed by atoms with van der Waals surface area (Å²) in [7, 11) is -4.02. The maximum atomic E-state index is 10.5. The van der Waals surface area contributed by atoms with Crippen molar-refractivity contribution in [3.05, 3.63) is 29.8 Å². The lowest BCUT2D eigenvalue weighted by molar-refractivity contribution is 0.483. The minimum absolute atomic E-state index is 0.0666. The van der Waals surface area contributed by atoms with Gasteiger partial charge in [0.05, 0.1) is 4.90 Å². The van der Waals surface area contributed by atoms with E-state index in [0.717, 1.165) is 17.4 Å². The summed E-state index contributed by atoms with van der Waals surface area (Å²) in [5.41, 5.74) is 6.25. The molecule has 1 rings (SSSR count). The van der Waals surface area contributed by atoms with Gasteiger partial charge in [0, 0.05) is 5.33 Å². The van der Waals surface area contributed by atoms with Gasteiger partial charge in [0.2, 0.25) is 0 Å². The van der Waals surface area contributed by atoms with Crippen molar-refractivity contribution < 1.29 is 13.0 Å². The lowest BCUT2D eigenvalue weighted by Crippen LogP contribution is -1.97.